The second kappa shape index (κ2) is 10.4. The maximum atomic E-state index is 6.18. The Labute approximate surface area is 221 Å². The Hall–Kier alpha value is -3.64. The van der Waals surface area contributed by atoms with Crippen molar-refractivity contribution in [1.29, 1.82) is 0 Å². The molecule has 0 aliphatic heterocycles. The molecule has 1 aliphatic carbocycles. The Morgan fingerprint density at radius 3 is 2.41 bits per heavy atom. The summed E-state index contributed by atoms with van der Waals surface area (Å²) in [4.78, 5) is 10.7. The maximum Gasteiger partial charge on any atom is 0.141 e. The highest BCUT2D eigenvalue weighted by Gasteiger charge is 2.22. The lowest BCUT2D eigenvalue weighted by atomic mass is 9.95. The third kappa shape index (κ3) is 5.12. The van der Waals surface area contributed by atoms with Gasteiger partial charge in [0.15, 0.2) is 0 Å². The van der Waals surface area contributed by atoms with Crippen LogP contribution in [0.25, 0.3) is 22.4 Å². The van der Waals surface area contributed by atoms with Gasteiger partial charge in [-0.3, -0.25) is 0 Å². The molecule has 3 aromatic carbocycles. The molecule has 0 spiro atoms. The van der Waals surface area contributed by atoms with E-state index in [4.69, 9.17) is 14.5 Å². The van der Waals surface area contributed by atoms with Crippen molar-refractivity contribution >= 4 is 22.4 Å². The van der Waals surface area contributed by atoms with Gasteiger partial charge in [0, 0.05) is 17.7 Å². The minimum absolute atomic E-state index is 0.507. The van der Waals surface area contributed by atoms with Crippen molar-refractivity contribution in [3.8, 4) is 28.6 Å². The van der Waals surface area contributed by atoms with Crippen LogP contribution in [0.2, 0.25) is 0 Å². The molecule has 0 amide bonds. The summed E-state index contributed by atoms with van der Waals surface area (Å²) in [6.07, 6.45) is 6.34. The first-order chi connectivity index (χ1) is 18.1. The van der Waals surface area contributed by atoms with Gasteiger partial charge in [-0.25, -0.2) is 9.97 Å². The third-order valence-corrected chi connectivity index (χ3v) is 8.11. The van der Waals surface area contributed by atoms with E-state index in [9.17, 15) is 0 Å². The molecule has 2 heterocycles. The summed E-state index contributed by atoms with van der Waals surface area (Å²) < 4.78 is 14.7. The van der Waals surface area contributed by atoms with Crippen LogP contribution in [0.4, 0.5) is 0 Å². The normalized spacial score (nSPS) is 14.2. The average molecular weight is 510 g/mol. The fourth-order valence-electron chi connectivity index (χ4n) is 5.25. The fraction of sp³-hybridized carbons (Fsp3) is 0.290. The molecule has 0 radical (unpaired) electrons. The largest absolute Gasteiger partial charge is 0.488 e. The first-order valence-electron chi connectivity index (χ1n) is 13.0. The van der Waals surface area contributed by atoms with E-state index in [0.717, 1.165) is 49.7 Å². The zero-order chi connectivity index (χ0) is 25.2. The molecule has 6 heteroatoms. The Balaban J connectivity index is 1.20. The Morgan fingerprint density at radius 1 is 0.838 bits per heavy atom. The number of fused-ring (bicyclic) bond motifs is 1. The lowest BCUT2D eigenvalue weighted by Crippen LogP contribution is -2.13. The molecule has 5 nitrogen and oxygen atoms in total. The van der Waals surface area contributed by atoms with Crippen molar-refractivity contribution in [2.75, 3.05) is 0 Å². The summed E-state index contributed by atoms with van der Waals surface area (Å²) in [6.45, 7) is 4.56. The van der Waals surface area contributed by atoms with Crippen molar-refractivity contribution < 1.29 is 9.47 Å². The van der Waals surface area contributed by atoms with Gasteiger partial charge in [0.05, 0.1) is 26.6 Å². The molecule has 0 bridgehead atoms. The first kappa shape index (κ1) is 23.7. The number of imidazole rings is 1. The summed E-state index contributed by atoms with van der Waals surface area (Å²) in [5, 5.41) is 1.06. The van der Waals surface area contributed by atoms with Gasteiger partial charge in [0.2, 0.25) is 0 Å². The molecule has 0 N–H and O–H groups in total. The van der Waals surface area contributed by atoms with Gasteiger partial charge in [-0.05, 0) is 75.2 Å². The van der Waals surface area contributed by atoms with Gasteiger partial charge >= 0.3 is 0 Å². The molecule has 0 unspecified atom stereocenters. The van der Waals surface area contributed by atoms with Gasteiger partial charge in [0.1, 0.15) is 29.7 Å². The minimum Gasteiger partial charge on any atom is -0.488 e. The van der Waals surface area contributed by atoms with E-state index in [1.165, 1.54) is 37.6 Å². The van der Waals surface area contributed by atoms with Crippen molar-refractivity contribution in [2.24, 2.45) is 0 Å². The highest BCUT2D eigenvalue weighted by molar-refractivity contribution is 7.11. The van der Waals surface area contributed by atoms with E-state index in [0.29, 0.717) is 12.6 Å². The molecule has 2 aromatic heterocycles. The van der Waals surface area contributed by atoms with Gasteiger partial charge < -0.3 is 14.0 Å². The Bertz CT molecular complexity index is 1510. The van der Waals surface area contributed by atoms with Crippen molar-refractivity contribution in [2.45, 2.75) is 58.6 Å². The number of hydrogen-bond donors (Lipinski definition) is 0. The fourth-order valence-corrected chi connectivity index (χ4v) is 6.10. The summed E-state index contributed by atoms with van der Waals surface area (Å²) in [5.74, 6) is 3.36. The lowest BCUT2D eigenvalue weighted by Gasteiger charge is -2.25. The summed E-state index contributed by atoms with van der Waals surface area (Å²) in [7, 11) is 0. The monoisotopic (exact) mass is 509 g/mol. The highest BCUT2D eigenvalue weighted by Crippen LogP contribution is 2.36. The highest BCUT2D eigenvalue weighted by atomic mass is 32.1. The zero-order valence-corrected chi connectivity index (χ0v) is 22.1. The number of aryl methyl sites for hydroxylation is 2. The molecule has 1 saturated carbocycles. The van der Waals surface area contributed by atoms with Crippen molar-refractivity contribution in [3.05, 3.63) is 88.4 Å². The molecule has 1 aliphatic rings. The third-order valence-electron chi connectivity index (χ3n) is 7.06. The molecule has 5 aromatic rings. The summed E-state index contributed by atoms with van der Waals surface area (Å²) in [6, 6.07) is 25.1. The van der Waals surface area contributed by atoms with Crippen LogP contribution < -0.4 is 9.47 Å². The number of nitrogens with zero attached hydrogens (tertiary/aromatic N) is 3. The van der Waals surface area contributed by atoms with Crippen molar-refractivity contribution in [1.82, 2.24) is 14.5 Å². The standard InChI is InChI=1S/C31H31N3O2S/c1-21-30(37-22(2)32-21)20-35-26-11-8-12-27(19-26)36-25-17-15-23(16-18-25)31-33-28-13-6-7-14-29(28)34(31)24-9-4-3-5-10-24/h6-8,11-19,24H,3-5,9-10,20H2,1-2H3. The van der Waals surface area contributed by atoms with Crippen LogP contribution in [0, 0.1) is 13.8 Å². The van der Waals surface area contributed by atoms with E-state index in [1.807, 2.05) is 50.2 Å². The van der Waals surface area contributed by atoms with Crippen LogP contribution in [0.15, 0.2) is 72.8 Å². The number of rotatable bonds is 7. The van der Waals surface area contributed by atoms with Crippen LogP contribution in [0.1, 0.15) is 53.7 Å². The molecule has 188 valence electrons. The molecule has 0 atom stereocenters. The molecule has 1 fully saturated rings. The SMILES string of the molecule is Cc1nc(C)c(COc2cccc(Oc3ccc(-c4nc5ccccc5n4C4CCCCC4)cc3)c2)s1. The van der Waals surface area contributed by atoms with Crippen molar-refractivity contribution in [3.63, 3.8) is 0 Å². The molecular formula is C31H31N3O2S. The summed E-state index contributed by atoms with van der Waals surface area (Å²) in [5.41, 5.74) is 4.43. The number of thiazole rings is 1. The predicted molar refractivity (Wildman–Crippen MR) is 150 cm³/mol. The first-order valence-corrected chi connectivity index (χ1v) is 13.9. The van der Waals surface area contributed by atoms with E-state index in [-0.39, 0.29) is 0 Å². The van der Waals surface area contributed by atoms with Crippen LogP contribution in [0.5, 0.6) is 17.2 Å². The average Bonchev–Trinajstić information content (AvgIpc) is 3.47. The van der Waals surface area contributed by atoms with Gasteiger partial charge in [-0.1, -0.05) is 37.5 Å². The minimum atomic E-state index is 0.507. The lowest BCUT2D eigenvalue weighted by molar-refractivity contribution is 0.307. The topological polar surface area (TPSA) is 49.2 Å². The smallest absolute Gasteiger partial charge is 0.141 e. The van der Waals surface area contributed by atoms with Gasteiger partial charge in [0.25, 0.3) is 0 Å². The molecule has 6 rings (SSSR count). The predicted octanol–water partition coefficient (Wildman–Crippen LogP) is 8.65. The van der Waals surface area contributed by atoms with Crippen LogP contribution in [0.3, 0.4) is 0 Å². The van der Waals surface area contributed by atoms with Crippen LogP contribution in [-0.4, -0.2) is 14.5 Å². The second-order valence-electron chi connectivity index (χ2n) is 9.72. The van der Waals surface area contributed by atoms with E-state index in [2.05, 4.69) is 45.9 Å². The second-order valence-corrected chi connectivity index (χ2v) is 11.0. The molecule has 0 saturated heterocycles. The number of hydrogen-bond acceptors (Lipinski definition) is 5. The van der Waals surface area contributed by atoms with E-state index >= 15 is 0 Å². The zero-order valence-electron chi connectivity index (χ0n) is 21.3. The van der Waals surface area contributed by atoms with Gasteiger partial charge in [-0.15, -0.1) is 11.3 Å². The number of benzene rings is 3. The Kier molecular flexibility index (Phi) is 6.66. The van der Waals surface area contributed by atoms with Crippen LogP contribution >= 0.6 is 11.3 Å². The number of aromatic nitrogens is 3. The molecule has 37 heavy (non-hydrogen) atoms. The summed E-state index contributed by atoms with van der Waals surface area (Å²) >= 11 is 1.68. The Morgan fingerprint density at radius 2 is 1.62 bits per heavy atom. The number of ether oxygens (including phenoxy) is 2. The quantitative estimate of drug-likeness (QED) is 0.220. The van der Waals surface area contributed by atoms with E-state index in [1.54, 1.807) is 11.3 Å². The van der Waals surface area contributed by atoms with E-state index < -0.39 is 0 Å². The maximum absolute atomic E-state index is 6.18. The molecular weight excluding hydrogens is 478 g/mol. The van der Waals surface area contributed by atoms with Crippen LogP contribution in [-0.2, 0) is 6.61 Å². The van der Waals surface area contributed by atoms with Gasteiger partial charge in [-0.2, -0.15) is 0 Å². The number of para-hydroxylation sites is 2.